The van der Waals surface area contributed by atoms with Crippen LogP contribution in [0.15, 0.2) is 71.3 Å². The molecule has 0 aliphatic rings. The Balaban J connectivity index is 1.64. The molecule has 0 unspecified atom stereocenters. The van der Waals surface area contributed by atoms with Crippen molar-refractivity contribution in [3.05, 3.63) is 83.8 Å². The molecule has 0 aliphatic carbocycles. The van der Waals surface area contributed by atoms with Crippen LogP contribution >= 0.6 is 0 Å². The number of rotatable bonds is 9. The zero-order valence-electron chi connectivity index (χ0n) is 17.9. The minimum absolute atomic E-state index is 0.205. The average molecular weight is 421 g/mol. The van der Waals surface area contributed by atoms with Crippen molar-refractivity contribution in [2.45, 2.75) is 33.4 Å². The largest absolute Gasteiger partial charge is 0.459 e. The first-order valence-electron chi connectivity index (χ1n) is 10.4. The lowest BCUT2D eigenvalue weighted by atomic mass is 9.99. The summed E-state index contributed by atoms with van der Waals surface area (Å²) in [5, 5.41) is 5.68. The van der Waals surface area contributed by atoms with Crippen LogP contribution in [-0.4, -0.2) is 18.5 Å². The first-order valence-corrected chi connectivity index (χ1v) is 10.4. The molecule has 0 saturated carbocycles. The average Bonchev–Trinajstić information content (AvgIpc) is 3.27. The molecule has 6 heteroatoms. The number of benzene rings is 2. The fourth-order valence-corrected chi connectivity index (χ4v) is 3.13. The normalized spacial score (nSPS) is 10.7. The Labute approximate surface area is 182 Å². The van der Waals surface area contributed by atoms with Crippen molar-refractivity contribution in [1.82, 2.24) is 10.6 Å². The van der Waals surface area contributed by atoms with Crippen molar-refractivity contribution >= 4 is 12.0 Å². The summed E-state index contributed by atoms with van der Waals surface area (Å²) in [6.07, 6.45) is 1.90. The topological polar surface area (TPSA) is 80.6 Å². The maximum Gasteiger partial charge on any atom is 0.407 e. The van der Waals surface area contributed by atoms with Crippen molar-refractivity contribution in [3.63, 3.8) is 0 Å². The standard InChI is InChI=1S/C25H28N2O4/c1-18(2)12-14-26-24(28)23-22(13-15-30-23)21-11-7-6-10-20(21)16-27-25(29)31-17-19-8-4-3-5-9-19/h3-11,13,15,18H,12,14,16-17H2,1-2H3,(H,26,28)(H,27,29). The molecule has 31 heavy (non-hydrogen) atoms. The number of carbonyl (C=O) groups is 2. The molecule has 0 radical (unpaired) electrons. The molecular formula is C25H28N2O4. The third-order valence-electron chi connectivity index (χ3n) is 4.82. The van der Waals surface area contributed by atoms with Crippen LogP contribution in [0.2, 0.25) is 0 Å². The van der Waals surface area contributed by atoms with E-state index in [1.165, 1.54) is 6.26 Å². The van der Waals surface area contributed by atoms with Gasteiger partial charge in [0.1, 0.15) is 6.61 Å². The Kier molecular flexibility index (Phi) is 7.87. The summed E-state index contributed by atoms with van der Waals surface area (Å²) in [5.41, 5.74) is 3.30. The van der Waals surface area contributed by atoms with Gasteiger partial charge >= 0.3 is 6.09 Å². The van der Waals surface area contributed by atoms with E-state index in [4.69, 9.17) is 9.15 Å². The quantitative estimate of drug-likeness (QED) is 0.502. The smallest absolute Gasteiger partial charge is 0.407 e. The lowest BCUT2D eigenvalue weighted by Crippen LogP contribution is -2.25. The van der Waals surface area contributed by atoms with Crippen LogP contribution in [0.5, 0.6) is 0 Å². The number of alkyl carbamates (subject to hydrolysis) is 1. The molecule has 3 rings (SSSR count). The van der Waals surface area contributed by atoms with E-state index in [-0.39, 0.29) is 24.8 Å². The second-order valence-electron chi connectivity index (χ2n) is 7.67. The highest BCUT2D eigenvalue weighted by Crippen LogP contribution is 2.28. The zero-order valence-corrected chi connectivity index (χ0v) is 17.9. The third-order valence-corrected chi connectivity index (χ3v) is 4.82. The molecule has 0 aliphatic heterocycles. The lowest BCUT2D eigenvalue weighted by Gasteiger charge is -2.12. The van der Waals surface area contributed by atoms with Gasteiger partial charge in [0.05, 0.1) is 6.26 Å². The zero-order chi connectivity index (χ0) is 22.1. The predicted molar refractivity (Wildman–Crippen MR) is 119 cm³/mol. The van der Waals surface area contributed by atoms with Gasteiger partial charge in [0, 0.05) is 18.7 Å². The van der Waals surface area contributed by atoms with Crippen molar-refractivity contribution in [2.75, 3.05) is 6.54 Å². The van der Waals surface area contributed by atoms with E-state index in [2.05, 4.69) is 24.5 Å². The Hall–Kier alpha value is -3.54. The van der Waals surface area contributed by atoms with Crippen LogP contribution in [0.25, 0.3) is 11.1 Å². The van der Waals surface area contributed by atoms with Crippen molar-refractivity contribution in [2.24, 2.45) is 5.92 Å². The number of carbonyl (C=O) groups excluding carboxylic acids is 2. The number of nitrogens with one attached hydrogen (secondary N) is 2. The van der Waals surface area contributed by atoms with Gasteiger partial charge in [-0.1, -0.05) is 68.4 Å². The van der Waals surface area contributed by atoms with Gasteiger partial charge in [-0.2, -0.15) is 0 Å². The van der Waals surface area contributed by atoms with E-state index < -0.39 is 6.09 Å². The fourth-order valence-electron chi connectivity index (χ4n) is 3.13. The lowest BCUT2D eigenvalue weighted by molar-refractivity contribution is 0.0925. The SMILES string of the molecule is CC(C)CCNC(=O)c1occc1-c1ccccc1CNC(=O)OCc1ccccc1. The van der Waals surface area contributed by atoms with Gasteiger partial charge < -0.3 is 19.8 Å². The summed E-state index contributed by atoms with van der Waals surface area (Å²) >= 11 is 0. The minimum Gasteiger partial charge on any atom is -0.459 e. The highest BCUT2D eigenvalue weighted by molar-refractivity contribution is 5.98. The number of ether oxygens (including phenoxy) is 1. The van der Waals surface area contributed by atoms with Crippen LogP contribution in [0.1, 0.15) is 41.9 Å². The van der Waals surface area contributed by atoms with Crippen molar-refractivity contribution in [1.29, 1.82) is 0 Å². The Bertz CT molecular complexity index is 996. The molecule has 0 saturated heterocycles. The highest BCUT2D eigenvalue weighted by Gasteiger charge is 2.19. The number of amides is 2. The molecule has 0 spiro atoms. The van der Waals surface area contributed by atoms with Crippen molar-refractivity contribution < 1.29 is 18.7 Å². The van der Waals surface area contributed by atoms with Gasteiger partial charge in [-0.05, 0) is 35.1 Å². The van der Waals surface area contributed by atoms with Gasteiger partial charge in [0.15, 0.2) is 5.76 Å². The monoisotopic (exact) mass is 420 g/mol. The third kappa shape index (κ3) is 6.47. The van der Waals surface area contributed by atoms with Gasteiger partial charge in [-0.25, -0.2) is 4.79 Å². The highest BCUT2D eigenvalue weighted by atomic mass is 16.5. The molecule has 6 nitrogen and oxygen atoms in total. The maximum absolute atomic E-state index is 12.6. The van der Waals surface area contributed by atoms with Crippen molar-refractivity contribution in [3.8, 4) is 11.1 Å². The summed E-state index contributed by atoms with van der Waals surface area (Å²) < 4.78 is 10.8. The molecule has 2 aromatic carbocycles. The molecule has 0 fully saturated rings. The number of furan rings is 1. The molecule has 1 aromatic heterocycles. The number of hydrogen-bond acceptors (Lipinski definition) is 4. The van der Waals surface area contributed by atoms with E-state index >= 15 is 0 Å². The van der Waals surface area contributed by atoms with E-state index in [1.807, 2.05) is 54.6 Å². The molecular weight excluding hydrogens is 392 g/mol. The Morgan fingerprint density at radius 1 is 0.935 bits per heavy atom. The maximum atomic E-state index is 12.6. The second kappa shape index (κ2) is 11.0. The van der Waals surface area contributed by atoms with Gasteiger partial charge in [0.2, 0.25) is 0 Å². The van der Waals surface area contributed by atoms with E-state index in [9.17, 15) is 9.59 Å². The number of hydrogen-bond donors (Lipinski definition) is 2. The minimum atomic E-state index is -0.502. The van der Waals surface area contributed by atoms with Crippen LogP contribution in [0, 0.1) is 5.92 Å². The Morgan fingerprint density at radius 2 is 1.68 bits per heavy atom. The predicted octanol–water partition coefficient (Wildman–Crippen LogP) is 5.15. The van der Waals surface area contributed by atoms with Gasteiger partial charge in [-0.3, -0.25) is 4.79 Å². The van der Waals surface area contributed by atoms with Crippen LogP contribution in [-0.2, 0) is 17.9 Å². The summed E-state index contributed by atoms with van der Waals surface area (Å²) in [6.45, 7) is 5.28. The summed E-state index contributed by atoms with van der Waals surface area (Å²) in [6, 6.07) is 18.9. The van der Waals surface area contributed by atoms with E-state index in [0.717, 1.165) is 23.1 Å². The molecule has 162 valence electrons. The molecule has 0 bridgehead atoms. The van der Waals surface area contributed by atoms with Crippen LogP contribution < -0.4 is 10.6 Å². The summed E-state index contributed by atoms with van der Waals surface area (Å²) in [4.78, 5) is 24.7. The molecule has 1 heterocycles. The van der Waals surface area contributed by atoms with Crippen LogP contribution in [0.4, 0.5) is 4.79 Å². The van der Waals surface area contributed by atoms with E-state index in [1.54, 1.807) is 6.07 Å². The molecule has 2 N–H and O–H groups in total. The second-order valence-corrected chi connectivity index (χ2v) is 7.67. The molecule has 0 atom stereocenters. The van der Waals surface area contributed by atoms with Crippen LogP contribution in [0.3, 0.4) is 0 Å². The van der Waals surface area contributed by atoms with E-state index in [0.29, 0.717) is 18.0 Å². The van der Waals surface area contributed by atoms with Gasteiger partial charge in [-0.15, -0.1) is 0 Å². The first-order chi connectivity index (χ1) is 15.0. The van der Waals surface area contributed by atoms with Gasteiger partial charge in [0.25, 0.3) is 5.91 Å². The fraction of sp³-hybridized carbons (Fsp3) is 0.280. The Morgan fingerprint density at radius 3 is 2.45 bits per heavy atom. The summed E-state index contributed by atoms with van der Waals surface area (Å²) in [7, 11) is 0. The summed E-state index contributed by atoms with van der Waals surface area (Å²) in [5.74, 6) is 0.526. The molecule has 3 aromatic rings. The molecule has 2 amide bonds. The first kappa shape index (κ1) is 22.2.